The summed E-state index contributed by atoms with van der Waals surface area (Å²) in [5.41, 5.74) is 6.36. The number of thiocarbonyl (C=S) groups is 1. The molecule has 0 bridgehead atoms. The molecule has 0 atom stereocenters. The summed E-state index contributed by atoms with van der Waals surface area (Å²) in [4.78, 5) is 24.4. The summed E-state index contributed by atoms with van der Waals surface area (Å²) in [5.74, 6) is 0.0883. The maximum atomic E-state index is 12.4. The van der Waals surface area contributed by atoms with E-state index in [1.165, 1.54) is 0 Å². The van der Waals surface area contributed by atoms with E-state index in [1.807, 2.05) is 25.1 Å². The van der Waals surface area contributed by atoms with Gasteiger partial charge in [-0.3, -0.25) is 25.8 Å². The van der Waals surface area contributed by atoms with Gasteiger partial charge in [-0.25, -0.2) is 0 Å². The van der Waals surface area contributed by atoms with Crippen molar-refractivity contribution in [3.8, 4) is 11.5 Å². The van der Waals surface area contributed by atoms with Gasteiger partial charge < -0.3 is 9.47 Å². The molecule has 0 aliphatic heterocycles. The molecule has 2 rings (SSSR count). The first-order valence-corrected chi connectivity index (χ1v) is 10.9. The quantitative estimate of drug-likeness (QED) is 0.406. The van der Waals surface area contributed by atoms with Crippen molar-refractivity contribution in [1.29, 1.82) is 0 Å². The highest BCUT2D eigenvalue weighted by molar-refractivity contribution is 9.10. The zero-order valence-electron chi connectivity index (χ0n) is 17.9. The van der Waals surface area contributed by atoms with Crippen molar-refractivity contribution in [2.45, 2.75) is 33.1 Å². The van der Waals surface area contributed by atoms with Crippen LogP contribution in [0.15, 0.2) is 46.9 Å². The molecule has 0 heterocycles. The molecular weight excluding hydrogens is 482 g/mol. The first-order chi connectivity index (χ1) is 14.6. The molecule has 2 aromatic carbocycles. The molecule has 0 aliphatic rings. The van der Waals surface area contributed by atoms with E-state index in [2.05, 4.69) is 52.9 Å². The van der Waals surface area contributed by atoms with E-state index < -0.39 is 11.8 Å². The Morgan fingerprint density at radius 1 is 1.03 bits per heavy atom. The molecule has 7 nitrogen and oxygen atoms in total. The van der Waals surface area contributed by atoms with Gasteiger partial charge in [0.15, 0.2) is 11.7 Å². The van der Waals surface area contributed by atoms with Crippen LogP contribution < -0.4 is 25.6 Å². The van der Waals surface area contributed by atoms with E-state index in [0.29, 0.717) is 23.7 Å². The highest BCUT2D eigenvalue weighted by Crippen LogP contribution is 2.31. The first kappa shape index (κ1) is 24.6. The van der Waals surface area contributed by atoms with Gasteiger partial charge in [0.05, 0.1) is 16.6 Å². The van der Waals surface area contributed by atoms with Crippen molar-refractivity contribution >= 4 is 45.1 Å². The highest BCUT2D eigenvalue weighted by atomic mass is 79.9. The van der Waals surface area contributed by atoms with Gasteiger partial charge in [-0.05, 0) is 70.3 Å². The maximum absolute atomic E-state index is 12.4. The molecule has 0 saturated heterocycles. The number of carbonyl (C=O) groups is 2. The lowest BCUT2D eigenvalue weighted by molar-refractivity contribution is -0.123. The van der Waals surface area contributed by atoms with Gasteiger partial charge in [0.1, 0.15) is 11.5 Å². The number of hydrogen-bond donors (Lipinski definition) is 3. The smallest absolute Gasteiger partial charge is 0.276 e. The second-order valence-electron chi connectivity index (χ2n) is 7.57. The van der Waals surface area contributed by atoms with Crippen LogP contribution in [0.4, 0.5) is 0 Å². The number of benzene rings is 2. The lowest BCUT2D eigenvalue weighted by atomic mass is 9.87. The summed E-state index contributed by atoms with van der Waals surface area (Å²) < 4.78 is 11.7. The van der Waals surface area contributed by atoms with Gasteiger partial charge in [-0.2, -0.15) is 0 Å². The number of nitrogens with one attached hydrogen (secondary N) is 3. The number of halogens is 1. The van der Waals surface area contributed by atoms with E-state index in [-0.39, 0.29) is 17.1 Å². The fraction of sp³-hybridized carbons (Fsp3) is 0.318. The van der Waals surface area contributed by atoms with Crippen LogP contribution in [0.25, 0.3) is 0 Å². The number of hydrogen-bond acceptors (Lipinski definition) is 5. The molecule has 2 aromatic rings. The number of ether oxygens (including phenoxy) is 2. The molecule has 3 N–H and O–H groups in total. The molecular formula is C22H26BrN3O4S. The monoisotopic (exact) mass is 507 g/mol. The summed E-state index contributed by atoms with van der Waals surface area (Å²) in [6, 6.07) is 12.5. The van der Waals surface area contributed by atoms with Crippen molar-refractivity contribution in [1.82, 2.24) is 16.2 Å². The summed E-state index contributed by atoms with van der Waals surface area (Å²) in [7, 11) is 0. The van der Waals surface area contributed by atoms with Crippen molar-refractivity contribution in [3.63, 3.8) is 0 Å². The van der Waals surface area contributed by atoms with E-state index >= 15 is 0 Å². The van der Waals surface area contributed by atoms with Crippen LogP contribution in [-0.2, 0) is 10.2 Å². The van der Waals surface area contributed by atoms with Gasteiger partial charge >= 0.3 is 0 Å². The molecule has 31 heavy (non-hydrogen) atoms. The Kier molecular flexibility index (Phi) is 8.82. The first-order valence-electron chi connectivity index (χ1n) is 9.66. The van der Waals surface area contributed by atoms with Crippen molar-refractivity contribution in [3.05, 3.63) is 58.1 Å². The zero-order valence-corrected chi connectivity index (χ0v) is 20.3. The number of carbonyl (C=O) groups excluding carboxylic acids is 2. The Balaban J connectivity index is 1.82. The second-order valence-corrected chi connectivity index (χ2v) is 8.83. The van der Waals surface area contributed by atoms with Gasteiger partial charge in [0.25, 0.3) is 11.8 Å². The van der Waals surface area contributed by atoms with Crippen LogP contribution in [0.2, 0.25) is 0 Å². The van der Waals surface area contributed by atoms with Crippen molar-refractivity contribution in [2.75, 3.05) is 13.2 Å². The fourth-order valence-electron chi connectivity index (χ4n) is 2.53. The van der Waals surface area contributed by atoms with E-state index in [0.717, 1.165) is 10.0 Å². The number of amides is 2. The number of para-hydroxylation sites is 1. The maximum Gasteiger partial charge on any atom is 0.276 e. The molecule has 0 spiro atoms. The molecule has 9 heteroatoms. The van der Waals surface area contributed by atoms with Crippen molar-refractivity contribution < 1.29 is 19.1 Å². The van der Waals surface area contributed by atoms with E-state index in [4.69, 9.17) is 21.7 Å². The van der Waals surface area contributed by atoms with E-state index in [9.17, 15) is 9.59 Å². The molecule has 2 amide bonds. The van der Waals surface area contributed by atoms with Crippen LogP contribution in [0.3, 0.4) is 0 Å². The lowest BCUT2D eigenvalue weighted by Gasteiger charge is -2.20. The van der Waals surface area contributed by atoms with Crippen LogP contribution in [0.5, 0.6) is 11.5 Å². The molecule has 0 radical (unpaired) electrons. The second kappa shape index (κ2) is 11.1. The Morgan fingerprint density at radius 3 is 2.39 bits per heavy atom. The predicted octanol–water partition coefficient (Wildman–Crippen LogP) is 3.86. The standard InChI is InChI=1S/C22H26BrN3O4S/c1-5-29-17-9-7-6-8-15(17)20(28)24-21(31)26-25-19(27)13-30-18-11-10-14(12-16(18)23)22(2,3)4/h6-12H,5,13H2,1-4H3,(H,25,27)(H2,24,26,28,31). The molecule has 0 unspecified atom stereocenters. The van der Waals surface area contributed by atoms with Gasteiger partial charge in [-0.15, -0.1) is 0 Å². The lowest BCUT2D eigenvalue weighted by Crippen LogP contribution is -2.49. The van der Waals surface area contributed by atoms with Gasteiger partial charge in [-0.1, -0.05) is 39.0 Å². The molecule has 0 saturated carbocycles. The molecule has 0 fully saturated rings. The number of rotatable bonds is 6. The average Bonchev–Trinajstić information content (AvgIpc) is 2.71. The Labute approximate surface area is 196 Å². The predicted molar refractivity (Wildman–Crippen MR) is 127 cm³/mol. The van der Waals surface area contributed by atoms with Gasteiger partial charge in [0, 0.05) is 0 Å². The van der Waals surface area contributed by atoms with Crippen LogP contribution in [-0.4, -0.2) is 30.1 Å². The number of hydrazine groups is 1. The van der Waals surface area contributed by atoms with E-state index in [1.54, 1.807) is 24.3 Å². The third kappa shape index (κ3) is 7.52. The van der Waals surface area contributed by atoms with Gasteiger partial charge in [0.2, 0.25) is 0 Å². The fourth-order valence-corrected chi connectivity index (χ4v) is 3.16. The summed E-state index contributed by atoms with van der Waals surface area (Å²) in [6.07, 6.45) is 0. The normalized spacial score (nSPS) is 10.7. The molecule has 166 valence electrons. The average molecular weight is 508 g/mol. The summed E-state index contributed by atoms with van der Waals surface area (Å²) in [5, 5.41) is 2.44. The third-order valence-electron chi connectivity index (χ3n) is 4.13. The van der Waals surface area contributed by atoms with Crippen LogP contribution >= 0.6 is 28.1 Å². The Hall–Kier alpha value is -2.65. The largest absolute Gasteiger partial charge is 0.493 e. The van der Waals surface area contributed by atoms with Crippen LogP contribution in [0.1, 0.15) is 43.6 Å². The van der Waals surface area contributed by atoms with Crippen molar-refractivity contribution in [2.24, 2.45) is 0 Å². The summed E-state index contributed by atoms with van der Waals surface area (Å²) >= 11 is 8.52. The molecule has 0 aliphatic carbocycles. The Bertz CT molecular complexity index is 960. The SMILES string of the molecule is CCOc1ccccc1C(=O)NC(=S)NNC(=O)COc1ccc(C(C)(C)C)cc1Br. The highest BCUT2D eigenvalue weighted by Gasteiger charge is 2.16. The Morgan fingerprint density at radius 2 is 1.74 bits per heavy atom. The van der Waals surface area contributed by atoms with Crippen LogP contribution in [0, 0.1) is 0 Å². The minimum absolute atomic E-state index is 0.00561. The minimum atomic E-state index is -0.460. The third-order valence-corrected chi connectivity index (χ3v) is 4.95. The zero-order chi connectivity index (χ0) is 23.0. The summed E-state index contributed by atoms with van der Waals surface area (Å²) in [6.45, 7) is 8.38. The topological polar surface area (TPSA) is 88.7 Å². The minimum Gasteiger partial charge on any atom is -0.493 e. The molecule has 0 aromatic heterocycles.